The van der Waals surface area contributed by atoms with Gasteiger partial charge in [-0.2, -0.15) is 0 Å². The minimum Gasteiger partial charge on any atom is -0.462 e. The Labute approximate surface area is 139 Å². The number of rotatable bonds is 10. The normalized spacial score (nSPS) is 10.6. The minimum absolute atomic E-state index is 0.221. The van der Waals surface area contributed by atoms with E-state index in [4.69, 9.17) is 4.74 Å². The second kappa shape index (κ2) is 9.83. The van der Waals surface area contributed by atoms with Gasteiger partial charge in [-0.25, -0.2) is 4.79 Å². The number of carbonyl (C=O) groups is 1. The molecule has 0 heterocycles. The van der Waals surface area contributed by atoms with Crippen LogP contribution in [0.1, 0.15) is 55.3 Å². The van der Waals surface area contributed by atoms with Crippen LogP contribution >= 0.6 is 0 Å². The van der Waals surface area contributed by atoms with E-state index in [-0.39, 0.29) is 5.97 Å². The van der Waals surface area contributed by atoms with Gasteiger partial charge < -0.3 is 4.74 Å². The first-order valence-electron chi connectivity index (χ1n) is 8.58. The molecule has 2 rings (SSSR count). The fourth-order valence-corrected chi connectivity index (χ4v) is 2.66. The van der Waals surface area contributed by atoms with Gasteiger partial charge in [0, 0.05) is 0 Å². The molecule has 0 saturated carbocycles. The van der Waals surface area contributed by atoms with Gasteiger partial charge in [-0.1, -0.05) is 62.1 Å². The predicted octanol–water partition coefficient (Wildman–Crippen LogP) is 5.91. The fourth-order valence-electron chi connectivity index (χ4n) is 2.66. The molecule has 0 amide bonds. The van der Waals surface area contributed by atoms with Crippen molar-refractivity contribution in [1.82, 2.24) is 0 Å². The lowest BCUT2D eigenvalue weighted by Gasteiger charge is -2.06. The van der Waals surface area contributed by atoms with E-state index in [1.165, 1.54) is 25.7 Å². The molecule has 0 aromatic heterocycles. The van der Waals surface area contributed by atoms with E-state index in [1.54, 1.807) is 0 Å². The fraction of sp³-hybridized carbons (Fsp3) is 0.381. The van der Waals surface area contributed by atoms with E-state index in [9.17, 15) is 4.79 Å². The van der Waals surface area contributed by atoms with Crippen LogP contribution in [0.25, 0.3) is 10.8 Å². The average Bonchev–Trinajstić information content (AvgIpc) is 2.59. The molecule has 2 nitrogen and oxygen atoms in total. The zero-order valence-corrected chi connectivity index (χ0v) is 13.8. The van der Waals surface area contributed by atoms with Gasteiger partial charge in [0.25, 0.3) is 0 Å². The molecule has 0 aliphatic rings. The Morgan fingerprint density at radius 3 is 2.39 bits per heavy atom. The van der Waals surface area contributed by atoms with Crippen molar-refractivity contribution >= 4 is 16.7 Å². The Bertz CT molecular complexity index is 631. The maximum absolute atomic E-state index is 12.1. The molecule has 0 N–H and O–H groups in total. The molecular formula is C21H26O2. The van der Waals surface area contributed by atoms with Crippen molar-refractivity contribution in [3.05, 3.63) is 60.7 Å². The first-order valence-corrected chi connectivity index (χ1v) is 8.58. The highest BCUT2D eigenvalue weighted by atomic mass is 16.5. The number of hydrogen-bond donors (Lipinski definition) is 0. The topological polar surface area (TPSA) is 26.3 Å². The number of carbonyl (C=O) groups excluding carboxylic acids is 1. The van der Waals surface area contributed by atoms with Crippen molar-refractivity contribution in [2.24, 2.45) is 0 Å². The largest absolute Gasteiger partial charge is 0.462 e. The summed E-state index contributed by atoms with van der Waals surface area (Å²) in [5.74, 6) is -0.221. The zero-order chi connectivity index (χ0) is 16.3. The molecule has 0 saturated heterocycles. The van der Waals surface area contributed by atoms with E-state index in [2.05, 4.69) is 6.58 Å². The Hall–Kier alpha value is -2.09. The third kappa shape index (κ3) is 5.90. The van der Waals surface area contributed by atoms with Crippen LogP contribution in [0.3, 0.4) is 0 Å². The predicted molar refractivity (Wildman–Crippen MR) is 96.7 cm³/mol. The molecule has 0 aliphatic carbocycles. The number of allylic oxidation sites excluding steroid dienone is 1. The van der Waals surface area contributed by atoms with Crippen LogP contribution in [0.2, 0.25) is 0 Å². The van der Waals surface area contributed by atoms with Crippen LogP contribution in [0.15, 0.2) is 55.1 Å². The van der Waals surface area contributed by atoms with Crippen molar-refractivity contribution in [3.8, 4) is 0 Å². The summed E-state index contributed by atoms with van der Waals surface area (Å²) in [6.45, 7) is 4.24. The summed E-state index contributed by atoms with van der Waals surface area (Å²) >= 11 is 0. The Kier molecular flexibility index (Phi) is 7.38. The number of hydrogen-bond acceptors (Lipinski definition) is 2. The molecular weight excluding hydrogens is 284 g/mol. The zero-order valence-electron chi connectivity index (χ0n) is 13.8. The number of esters is 1. The molecule has 23 heavy (non-hydrogen) atoms. The summed E-state index contributed by atoms with van der Waals surface area (Å²) in [7, 11) is 0. The van der Waals surface area contributed by atoms with Crippen LogP contribution in [0.4, 0.5) is 0 Å². The van der Waals surface area contributed by atoms with Crippen molar-refractivity contribution < 1.29 is 9.53 Å². The van der Waals surface area contributed by atoms with Gasteiger partial charge in [0.2, 0.25) is 0 Å². The molecule has 2 aromatic carbocycles. The molecule has 0 fully saturated rings. The van der Waals surface area contributed by atoms with Crippen molar-refractivity contribution in [2.75, 3.05) is 6.61 Å². The molecule has 0 spiro atoms. The van der Waals surface area contributed by atoms with Crippen molar-refractivity contribution in [2.45, 2.75) is 44.9 Å². The summed E-state index contributed by atoms with van der Waals surface area (Å²) in [5.41, 5.74) is 0.633. The highest BCUT2D eigenvalue weighted by Gasteiger charge is 2.07. The quantitative estimate of drug-likeness (QED) is 0.309. The van der Waals surface area contributed by atoms with E-state index in [0.29, 0.717) is 12.2 Å². The third-order valence-corrected chi connectivity index (χ3v) is 4.02. The number of benzene rings is 2. The molecule has 2 aromatic rings. The molecule has 2 heteroatoms. The first kappa shape index (κ1) is 17.3. The van der Waals surface area contributed by atoms with Crippen LogP contribution in [-0.2, 0) is 4.74 Å². The summed E-state index contributed by atoms with van der Waals surface area (Å²) in [4.78, 5) is 12.1. The summed E-state index contributed by atoms with van der Waals surface area (Å²) < 4.78 is 5.37. The lowest BCUT2D eigenvalue weighted by molar-refractivity contribution is 0.0498. The van der Waals surface area contributed by atoms with E-state index in [1.807, 2.05) is 48.5 Å². The SMILES string of the molecule is C=CCCCCCCCCOC(=O)c1ccc2ccccc2c1. The Balaban J connectivity index is 1.65. The Morgan fingerprint density at radius 2 is 1.61 bits per heavy atom. The second-order valence-electron chi connectivity index (χ2n) is 5.90. The average molecular weight is 310 g/mol. The molecule has 0 unspecified atom stereocenters. The van der Waals surface area contributed by atoms with Crippen molar-refractivity contribution in [3.63, 3.8) is 0 Å². The van der Waals surface area contributed by atoms with Crippen molar-refractivity contribution in [1.29, 1.82) is 0 Å². The standard InChI is InChI=1S/C21H26O2/c1-2-3-4-5-6-7-8-11-16-23-21(22)20-15-14-18-12-9-10-13-19(18)17-20/h2,9-10,12-15,17H,1,3-8,11,16H2. The summed E-state index contributed by atoms with van der Waals surface area (Å²) in [5, 5.41) is 2.21. The van der Waals surface area contributed by atoms with Crippen LogP contribution in [0, 0.1) is 0 Å². The van der Waals surface area contributed by atoms with Gasteiger partial charge in [0.05, 0.1) is 12.2 Å². The van der Waals surface area contributed by atoms with Gasteiger partial charge in [-0.05, 0) is 42.2 Å². The summed E-state index contributed by atoms with van der Waals surface area (Å²) in [6, 6.07) is 13.7. The molecule has 0 bridgehead atoms. The van der Waals surface area contributed by atoms with Crippen LogP contribution in [0.5, 0.6) is 0 Å². The molecule has 0 atom stereocenters. The molecule has 122 valence electrons. The van der Waals surface area contributed by atoms with E-state index < -0.39 is 0 Å². The lowest BCUT2D eigenvalue weighted by atomic mass is 10.1. The number of ether oxygens (including phenoxy) is 1. The highest BCUT2D eigenvalue weighted by molar-refractivity contribution is 5.95. The van der Waals surface area contributed by atoms with E-state index >= 15 is 0 Å². The smallest absolute Gasteiger partial charge is 0.338 e. The molecule has 0 aliphatic heterocycles. The summed E-state index contributed by atoms with van der Waals surface area (Å²) in [6.07, 6.45) is 10.1. The van der Waals surface area contributed by atoms with Gasteiger partial charge in [0.15, 0.2) is 0 Å². The third-order valence-electron chi connectivity index (χ3n) is 4.02. The van der Waals surface area contributed by atoms with Gasteiger partial charge in [-0.15, -0.1) is 6.58 Å². The lowest BCUT2D eigenvalue weighted by Crippen LogP contribution is -2.06. The number of fused-ring (bicyclic) bond motifs is 1. The van der Waals surface area contributed by atoms with E-state index in [0.717, 1.165) is 30.0 Å². The van der Waals surface area contributed by atoms with Gasteiger partial charge in [-0.3, -0.25) is 0 Å². The van der Waals surface area contributed by atoms with Gasteiger partial charge >= 0.3 is 5.97 Å². The first-order chi connectivity index (χ1) is 11.3. The maximum Gasteiger partial charge on any atom is 0.338 e. The Morgan fingerprint density at radius 1 is 0.913 bits per heavy atom. The maximum atomic E-state index is 12.1. The second-order valence-corrected chi connectivity index (χ2v) is 5.90. The van der Waals surface area contributed by atoms with Crippen LogP contribution in [-0.4, -0.2) is 12.6 Å². The monoisotopic (exact) mass is 310 g/mol. The van der Waals surface area contributed by atoms with Gasteiger partial charge in [0.1, 0.15) is 0 Å². The highest BCUT2D eigenvalue weighted by Crippen LogP contribution is 2.16. The molecule has 0 radical (unpaired) electrons. The number of unbranched alkanes of at least 4 members (excludes halogenated alkanes) is 6. The minimum atomic E-state index is -0.221. The van der Waals surface area contributed by atoms with Crippen LogP contribution < -0.4 is 0 Å².